The van der Waals surface area contributed by atoms with E-state index in [1.165, 1.54) is 21.3 Å². The summed E-state index contributed by atoms with van der Waals surface area (Å²) in [6.45, 7) is 2.12. The summed E-state index contributed by atoms with van der Waals surface area (Å²) < 4.78 is 1.27. The molecule has 1 atom stereocenters. The van der Waals surface area contributed by atoms with E-state index in [9.17, 15) is 14.4 Å². The predicted octanol–water partition coefficient (Wildman–Crippen LogP) is 2.44. The first-order chi connectivity index (χ1) is 15.0. The van der Waals surface area contributed by atoms with Crippen molar-refractivity contribution in [3.63, 3.8) is 0 Å². The molecule has 1 fully saturated rings. The number of carbonyl (C=O) groups is 2. The molecular formula is C22H19N5O3S. The molecule has 31 heavy (non-hydrogen) atoms. The first-order valence-electron chi connectivity index (χ1n) is 9.73. The molecule has 0 saturated carbocycles. The van der Waals surface area contributed by atoms with E-state index in [2.05, 4.69) is 10.4 Å². The third kappa shape index (κ3) is 3.90. The lowest BCUT2D eigenvalue weighted by molar-refractivity contribution is -0.119. The normalized spacial score (nSPS) is 15.6. The number of carbonyl (C=O) groups excluding carboxylic acids is 2. The first-order valence-corrected chi connectivity index (χ1v) is 10.9. The van der Waals surface area contributed by atoms with Crippen LogP contribution in [0.4, 0.5) is 5.69 Å². The number of amides is 2. The van der Waals surface area contributed by atoms with Crippen molar-refractivity contribution in [1.29, 1.82) is 5.26 Å². The van der Waals surface area contributed by atoms with Gasteiger partial charge in [0.05, 0.1) is 22.9 Å². The van der Waals surface area contributed by atoms with Crippen LogP contribution in [-0.4, -0.2) is 44.2 Å². The average molecular weight is 433 g/mol. The number of nitrogens with zero attached hydrogens (tertiary/aromatic N) is 4. The van der Waals surface area contributed by atoms with E-state index in [-0.39, 0.29) is 23.1 Å². The van der Waals surface area contributed by atoms with Gasteiger partial charge in [-0.1, -0.05) is 18.2 Å². The molecule has 1 saturated heterocycles. The lowest BCUT2D eigenvalue weighted by Crippen LogP contribution is -2.45. The molecule has 8 nitrogen and oxygen atoms in total. The monoisotopic (exact) mass is 433 g/mol. The number of anilines is 1. The van der Waals surface area contributed by atoms with Gasteiger partial charge in [0.1, 0.15) is 6.04 Å². The van der Waals surface area contributed by atoms with Crippen LogP contribution in [0.1, 0.15) is 23.0 Å². The topological polar surface area (TPSA) is 108 Å². The van der Waals surface area contributed by atoms with E-state index in [0.717, 1.165) is 0 Å². The summed E-state index contributed by atoms with van der Waals surface area (Å²) in [6.07, 6.45) is 0. The average Bonchev–Trinajstić information content (AvgIpc) is 3.30. The zero-order valence-corrected chi connectivity index (χ0v) is 17.6. The van der Waals surface area contributed by atoms with E-state index in [0.29, 0.717) is 40.2 Å². The van der Waals surface area contributed by atoms with Gasteiger partial charge < -0.3 is 10.2 Å². The second-order valence-corrected chi connectivity index (χ2v) is 7.98. The van der Waals surface area contributed by atoms with Gasteiger partial charge in [-0.3, -0.25) is 14.4 Å². The molecule has 9 heteroatoms. The fraction of sp³-hybridized carbons (Fsp3) is 0.227. The van der Waals surface area contributed by atoms with Gasteiger partial charge in [0.15, 0.2) is 5.69 Å². The first kappa shape index (κ1) is 20.6. The van der Waals surface area contributed by atoms with E-state index in [4.69, 9.17) is 5.26 Å². The summed E-state index contributed by atoms with van der Waals surface area (Å²) in [6, 6.07) is 14.8. The Balaban J connectivity index is 1.64. The van der Waals surface area contributed by atoms with Gasteiger partial charge in [-0.25, -0.2) is 4.68 Å². The number of nitrogens with one attached hydrogen (secondary N) is 1. The molecule has 2 heterocycles. The van der Waals surface area contributed by atoms with Crippen LogP contribution in [-0.2, 0) is 11.3 Å². The Labute approximate surface area is 182 Å². The number of hydrogen-bond acceptors (Lipinski definition) is 6. The van der Waals surface area contributed by atoms with Gasteiger partial charge in [0.25, 0.3) is 11.5 Å². The van der Waals surface area contributed by atoms with Gasteiger partial charge in [-0.15, -0.1) is 11.8 Å². The number of nitriles is 1. The molecule has 0 radical (unpaired) electrons. The smallest absolute Gasteiger partial charge is 0.276 e. The zero-order valence-electron chi connectivity index (χ0n) is 16.7. The maximum Gasteiger partial charge on any atom is 0.276 e. The van der Waals surface area contributed by atoms with E-state index >= 15 is 0 Å². The molecule has 1 aliphatic heterocycles. The van der Waals surface area contributed by atoms with Crippen molar-refractivity contribution in [1.82, 2.24) is 14.7 Å². The standard InChI is InChI=1S/C22H19N5O3S/c1-2-27-21(29)17-6-4-3-5-16(17)19(25-27)22(30)26-13-31-12-18(26)20(28)24-15-9-7-14(11-23)8-10-15/h3-10,18H,2,12-13H2,1H3,(H,24,28). The summed E-state index contributed by atoms with van der Waals surface area (Å²) in [4.78, 5) is 40.4. The summed E-state index contributed by atoms with van der Waals surface area (Å²) in [7, 11) is 0. The molecule has 4 rings (SSSR count). The minimum atomic E-state index is -0.671. The molecule has 1 N–H and O–H groups in total. The number of hydrogen-bond donors (Lipinski definition) is 1. The minimum Gasteiger partial charge on any atom is -0.324 e. The van der Waals surface area contributed by atoms with Crippen LogP contribution in [0, 0.1) is 11.3 Å². The number of aromatic nitrogens is 2. The van der Waals surface area contributed by atoms with E-state index in [1.54, 1.807) is 55.5 Å². The van der Waals surface area contributed by atoms with Crippen LogP contribution in [0.3, 0.4) is 0 Å². The van der Waals surface area contributed by atoms with Gasteiger partial charge in [0, 0.05) is 23.4 Å². The number of thioether (sulfide) groups is 1. The Kier molecular flexibility index (Phi) is 5.73. The molecule has 0 aliphatic carbocycles. The van der Waals surface area contributed by atoms with Crippen molar-refractivity contribution in [2.75, 3.05) is 16.9 Å². The van der Waals surface area contributed by atoms with E-state index < -0.39 is 6.04 Å². The second-order valence-electron chi connectivity index (χ2n) is 6.98. The number of fused-ring (bicyclic) bond motifs is 1. The summed E-state index contributed by atoms with van der Waals surface area (Å²) in [5, 5.41) is 16.9. The maximum absolute atomic E-state index is 13.4. The quantitative estimate of drug-likeness (QED) is 0.677. The molecule has 2 amide bonds. The van der Waals surface area contributed by atoms with Crippen molar-refractivity contribution in [3.05, 3.63) is 70.1 Å². The number of rotatable bonds is 4. The van der Waals surface area contributed by atoms with Crippen LogP contribution < -0.4 is 10.9 Å². The highest BCUT2D eigenvalue weighted by atomic mass is 32.2. The lowest BCUT2D eigenvalue weighted by Gasteiger charge is -2.23. The Morgan fingerprint density at radius 2 is 1.90 bits per heavy atom. The molecule has 2 aromatic carbocycles. The van der Waals surface area contributed by atoms with E-state index in [1.807, 2.05) is 6.07 Å². The minimum absolute atomic E-state index is 0.163. The Bertz CT molecular complexity index is 1260. The number of benzene rings is 2. The molecule has 1 aliphatic rings. The Morgan fingerprint density at radius 3 is 2.58 bits per heavy atom. The Hall–Kier alpha value is -3.64. The van der Waals surface area contributed by atoms with Gasteiger partial charge in [-0.2, -0.15) is 10.4 Å². The SMILES string of the molecule is CCn1nc(C(=O)N2CSCC2C(=O)Nc2ccc(C#N)cc2)c2ccccc2c1=O. The van der Waals surface area contributed by atoms with Crippen molar-refractivity contribution < 1.29 is 9.59 Å². The van der Waals surface area contributed by atoms with Crippen LogP contribution in [0.2, 0.25) is 0 Å². The molecular weight excluding hydrogens is 414 g/mol. The van der Waals surface area contributed by atoms with Crippen LogP contribution >= 0.6 is 11.8 Å². The summed E-state index contributed by atoms with van der Waals surface area (Å²) >= 11 is 1.48. The number of aryl methyl sites for hydroxylation is 1. The van der Waals surface area contributed by atoms with Gasteiger partial charge in [0.2, 0.25) is 5.91 Å². The molecule has 3 aromatic rings. The molecule has 156 valence electrons. The molecule has 1 aromatic heterocycles. The van der Waals surface area contributed by atoms with Crippen molar-refractivity contribution in [3.8, 4) is 6.07 Å². The van der Waals surface area contributed by atoms with Crippen LogP contribution in [0.25, 0.3) is 10.8 Å². The highest BCUT2D eigenvalue weighted by Crippen LogP contribution is 2.26. The molecule has 1 unspecified atom stereocenters. The highest BCUT2D eigenvalue weighted by molar-refractivity contribution is 7.99. The van der Waals surface area contributed by atoms with Crippen LogP contribution in [0.15, 0.2) is 53.3 Å². The van der Waals surface area contributed by atoms with Gasteiger partial charge in [-0.05, 0) is 37.3 Å². The zero-order chi connectivity index (χ0) is 22.0. The summed E-state index contributed by atoms with van der Waals surface area (Å²) in [5.74, 6) is 0.115. The predicted molar refractivity (Wildman–Crippen MR) is 119 cm³/mol. The lowest BCUT2D eigenvalue weighted by atomic mass is 10.1. The fourth-order valence-electron chi connectivity index (χ4n) is 3.46. The highest BCUT2D eigenvalue weighted by Gasteiger charge is 2.36. The van der Waals surface area contributed by atoms with Crippen molar-refractivity contribution in [2.45, 2.75) is 19.5 Å². The maximum atomic E-state index is 13.4. The second kappa shape index (κ2) is 8.62. The molecule has 0 spiro atoms. The third-order valence-electron chi connectivity index (χ3n) is 5.10. The van der Waals surface area contributed by atoms with Gasteiger partial charge >= 0.3 is 0 Å². The van der Waals surface area contributed by atoms with Crippen molar-refractivity contribution in [2.24, 2.45) is 0 Å². The molecule has 0 bridgehead atoms. The van der Waals surface area contributed by atoms with Crippen LogP contribution in [0.5, 0.6) is 0 Å². The summed E-state index contributed by atoms with van der Waals surface area (Å²) in [5.41, 5.74) is 0.961. The largest absolute Gasteiger partial charge is 0.324 e. The Morgan fingerprint density at radius 1 is 1.19 bits per heavy atom. The fourth-order valence-corrected chi connectivity index (χ4v) is 4.61. The van der Waals surface area contributed by atoms with Crippen molar-refractivity contribution >= 4 is 40.0 Å². The third-order valence-corrected chi connectivity index (χ3v) is 6.11.